The smallest absolute Gasteiger partial charge is 0.269 e. The van der Waals surface area contributed by atoms with Crippen LogP contribution in [0.1, 0.15) is 11.3 Å². The highest BCUT2D eigenvalue weighted by atomic mass is 16.6. The minimum atomic E-state index is -0.433. The highest BCUT2D eigenvalue weighted by Crippen LogP contribution is 2.24. The quantitative estimate of drug-likeness (QED) is 0.395. The summed E-state index contributed by atoms with van der Waals surface area (Å²) in [4.78, 5) is 10.3. The Kier molecular flexibility index (Phi) is 5.28. The molecular formula is C19H17N3O4. The van der Waals surface area contributed by atoms with Crippen LogP contribution in [-0.4, -0.2) is 18.2 Å². The summed E-state index contributed by atoms with van der Waals surface area (Å²) in [6, 6.07) is 17.5. The van der Waals surface area contributed by atoms with E-state index in [4.69, 9.17) is 9.15 Å². The average Bonchev–Trinajstić information content (AvgIpc) is 3.14. The number of nitro groups is 1. The first-order valence-electron chi connectivity index (χ1n) is 7.90. The topological polar surface area (TPSA) is 89.9 Å². The molecule has 0 unspecified atom stereocenters. The van der Waals surface area contributed by atoms with Gasteiger partial charge in [-0.05, 0) is 30.3 Å². The van der Waals surface area contributed by atoms with Crippen LogP contribution >= 0.6 is 0 Å². The molecule has 0 atom stereocenters. The molecule has 7 nitrogen and oxygen atoms in total. The first-order valence-corrected chi connectivity index (χ1v) is 7.90. The Morgan fingerprint density at radius 2 is 1.92 bits per heavy atom. The Bertz CT molecular complexity index is 917. The molecule has 1 N–H and O–H groups in total. The molecule has 0 amide bonds. The number of hydrazone groups is 1. The van der Waals surface area contributed by atoms with Gasteiger partial charge in [0.25, 0.3) is 5.69 Å². The second-order valence-corrected chi connectivity index (χ2v) is 5.41. The van der Waals surface area contributed by atoms with Gasteiger partial charge in [0, 0.05) is 23.3 Å². The van der Waals surface area contributed by atoms with Crippen molar-refractivity contribution < 1.29 is 14.1 Å². The molecule has 0 saturated carbocycles. The van der Waals surface area contributed by atoms with Gasteiger partial charge in [-0.1, -0.05) is 18.2 Å². The third kappa shape index (κ3) is 4.07. The molecule has 3 aromatic rings. The molecule has 0 fully saturated rings. The number of hydrogen-bond donors (Lipinski definition) is 1. The van der Waals surface area contributed by atoms with Gasteiger partial charge in [-0.15, -0.1) is 0 Å². The molecule has 0 spiro atoms. The number of nitrogens with one attached hydrogen (secondary N) is 1. The normalized spacial score (nSPS) is 10.8. The molecule has 132 valence electrons. The number of ether oxygens (including phenoxy) is 1. The molecule has 1 heterocycles. The summed E-state index contributed by atoms with van der Waals surface area (Å²) >= 11 is 0. The summed E-state index contributed by atoms with van der Waals surface area (Å²) in [6.07, 6.45) is 1.57. The van der Waals surface area contributed by atoms with Crippen LogP contribution in [-0.2, 0) is 6.54 Å². The highest BCUT2D eigenvalue weighted by molar-refractivity contribution is 5.77. The maximum absolute atomic E-state index is 10.7. The number of rotatable bonds is 7. The number of furan rings is 1. The molecule has 0 bridgehead atoms. The van der Waals surface area contributed by atoms with Crippen LogP contribution in [0.5, 0.6) is 5.75 Å². The van der Waals surface area contributed by atoms with E-state index in [0.29, 0.717) is 18.1 Å². The lowest BCUT2D eigenvalue weighted by molar-refractivity contribution is -0.384. The fourth-order valence-corrected chi connectivity index (χ4v) is 2.41. The van der Waals surface area contributed by atoms with Crippen LogP contribution < -0.4 is 10.2 Å². The van der Waals surface area contributed by atoms with Crippen molar-refractivity contribution in [3.8, 4) is 17.1 Å². The number of para-hydroxylation sites is 1. The first-order chi connectivity index (χ1) is 12.7. The molecule has 26 heavy (non-hydrogen) atoms. The summed E-state index contributed by atoms with van der Waals surface area (Å²) in [5.41, 5.74) is 4.75. The minimum Gasteiger partial charge on any atom is -0.496 e. The van der Waals surface area contributed by atoms with E-state index in [1.807, 2.05) is 24.3 Å². The lowest BCUT2D eigenvalue weighted by Crippen LogP contribution is -2.06. The van der Waals surface area contributed by atoms with Crippen molar-refractivity contribution in [3.63, 3.8) is 0 Å². The largest absolute Gasteiger partial charge is 0.496 e. The highest BCUT2D eigenvalue weighted by Gasteiger charge is 2.08. The molecule has 0 aliphatic carbocycles. The van der Waals surface area contributed by atoms with E-state index >= 15 is 0 Å². The Morgan fingerprint density at radius 1 is 1.15 bits per heavy atom. The van der Waals surface area contributed by atoms with Crippen molar-refractivity contribution in [2.75, 3.05) is 7.11 Å². The summed E-state index contributed by atoms with van der Waals surface area (Å²) in [5, 5.41) is 14.8. The van der Waals surface area contributed by atoms with E-state index in [0.717, 1.165) is 16.9 Å². The average molecular weight is 351 g/mol. The Labute approximate surface area is 150 Å². The van der Waals surface area contributed by atoms with Crippen molar-refractivity contribution in [1.29, 1.82) is 0 Å². The Balaban J connectivity index is 1.61. The van der Waals surface area contributed by atoms with E-state index in [1.165, 1.54) is 12.1 Å². The summed E-state index contributed by atoms with van der Waals surface area (Å²) in [6.45, 7) is 0.524. The van der Waals surface area contributed by atoms with Gasteiger partial charge in [0.05, 0.1) is 24.8 Å². The Hall–Kier alpha value is -3.61. The van der Waals surface area contributed by atoms with Crippen LogP contribution in [0.25, 0.3) is 11.3 Å². The van der Waals surface area contributed by atoms with Crippen LogP contribution in [0.15, 0.2) is 70.2 Å². The van der Waals surface area contributed by atoms with Gasteiger partial charge >= 0.3 is 0 Å². The van der Waals surface area contributed by atoms with Gasteiger partial charge in [-0.2, -0.15) is 5.10 Å². The predicted octanol–water partition coefficient (Wildman–Crippen LogP) is 3.99. The van der Waals surface area contributed by atoms with Gasteiger partial charge in [-0.25, -0.2) is 0 Å². The minimum absolute atomic E-state index is 0.0441. The third-order valence-corrected chi connectivity index (χ3v) is 3.73. The van der Waals surface area contributed by atoms with Crippen LogP contribution in [0.4, 0.5) is 5.69 Å². The molecule has 3 rings (SSSR count). The molecule has 0 aliphatic rings. The van der Waals surface area contributed by atoms with Gasteiger partial charge in [-0.3, -0.25) is 10.1 Å². The van der Waals surface area contributed by atoms with Gasteiger partial charge in [0.2, 0.25) is 0 Å². The number of nitrogens with zero attached hydrogens (tertiary/aromatic N) is 2. The van der Waals surface area contributed by atoms with E-state index < -0.39 is 4.92 Å². The van der Waals surface area contributed by atoms with Crippen molar-refractivity contribution >= 4 is 11.9 Å². The van der Waals surface area contributed by atoms with E-state index in [-0.39, 0.29) is 5.69 Å². The van der Waals surface area contributed by atoms with Crippen LogP contribution in [0, 0.1) is 10.1 Å². The van der Waals surface area contributed by atoms with Crippen molar-refractivity contribution in [2.45, 2.75) is 6.54 Å². The van der Waals surface area contributed by atoms with E-state index in [2.05, 4.69) is 10.5 Å². The molecular weight excluding hydrogens is 334 g/mol. The number of hydrogen-bond acceptors (Lipinski definition) is 6. The zero-order chi connectivity index (χ0) is 18.4. The fraction of sp³-hybridized carbons (Fsp3) is 0.105. The summed E-state index contributed by atoms with van der Waals surface area (Å²) in [7, 11) is 1.63. The number of non-ortho nitro benzene ring substituents is 1. The third-order valence-electron chi connectivity index (χ3n) is 3.73. The molecule has 2 aromatic carbocycles. The van der Waals surface area contributed by atoms with E-state index in [9.17, 15) is 10.1 Å². The van der Waals surface area contributed by atoms with Crippen LogP contribution in [0.2, 0.25) is 0 Å². The van der Waals surface area contributed by atoms with Crippen molar-refractivity contribution in [2.24, 2.45) is 5.10 Å². The van der Waals surface area contributed by atoms with Crippen molar-refractivity contribution in [3.05, 3.63) is 82.1 Å². The summed E-state index contributed by atoms with van der Waals surface area (Å²) < 4.78 is 11.0. The maximum Gasteiger partial charge on any atom is 0.269 e. The molecule has 1 aromatic heterocycles. The second-order valence-electron chi connectivity index (χ2n) is 5.41. The molecule has 0 saturated heterocycles. The van der Waals surface area contributed by atoms with E-state index in [1.54, 1.807) is 37.6 Å². The van der Waals surface area contributed by atoms with Crippen molar-refractivity contribution in [1.82, 2.24) is 5.43 Å². The fourth-order valence-electron chi connectivity index (χ4n) is 2.41. The number of methoxy groups -OCH3 is 1. The van der Waals surface area contributed by atoms with Gasteiger partial charge in [0.1, 0.15) is 17.3 Å². The number of nitro benzene ring substituents is 1. The SMILES string of the molecule is COc1ccccc1CN/N=C/c1ccc(-c2ccc([N+](=O)[O-])cc2)o1. The summed E-state index contributed by atoms with van der Waals surface area (Å²) in [5.74, 6) is 1.99. The van der Waals surface area contributed by atoms with Crippen LogP contribution in [0.3, 0.4) is 0 Å². The standard InChI is InChI=1S/C19H17N3O4/c1-25-18-5-3-2-4-15(18)12-20-21-13-17-10-11-19(26-17)14-6-8-16(9-7-14)22(23)24/h2-11,13,20H,12H2,1H3/b21-13+. The second kappa shape index (κ2) is 7.98. The van der Waals surface area contributed by atoms with Gasteiger partial charge < -0.3 is 14.6 Å². The lowest BCUT2D eigenvalue weighted by Gasteiger charge is -2.06. The Morgan fingerprint density at radius 3 is 2.65 bits per heavy atom. The molecule has 0 aliphatic heterocycles. The monoisotopic (exact) mass is 351 g/mol. The van der Waals surface area contributed by atoms with Gasteiger partial charge in [0.15, 0.2) is 0 Å². The lowest BCUT2D eigenvalue weighted by atomic mass is 10.1. The zero-order valence-corrected chi connectivity index (χ0v) is 14.1. The predicted molar refractivity (Wildman–Crippen MR) is 98.2 cm³/mol. The molecule has 0 radical (unpaired) electrons. The maximum atomic E-state index is 10.7. The molecule has 7 heteroatoms. The first kappa shape index (κ1) is 17.2. The zero-order valence-electron chi connectivity index (χ0n) is 14.1. The number of benzene rings is 2.